The van der Waals surface area contributed by atoms with Gasteiger partial charge in [0.15, 0.2) is 0 Å². The number of nitrogens with zero attached hydrogens (tertiary/aromatic N) is 3. The third-order valence-corrected chi connectivity index (χ3v) is 5.72. The summed E-state index contributed by atoms with van der Waals surface area (Å²) in [5.41, 5.74) is 0.578. The van der Waals surface area contributed by atoms with Crippen molar-refractivity contribution in [2.75, 3.05) is 0 Å². The number of aromatic nitrogens is 3. The highest BCUT2D eigenvalue weighted by Gasteiger charge is 2.31. The summed E-state index contributed by atoms with van der Waals surface area (Å²) in [5.74, 6) is -0.0187. The molecule has 9 nitrogen and oxygen atoms in total. The second-order valence-electron chi connectivity index (χ2n) is 8.87. The van der Waals surface area contributed by atoms with Gasteiger partial charge >= 0.3 is 0 Å². The Hall–Kier alpha value is -3.15. The van der Waals surface area contributed by atoms with Crippen molar-refractivity contribution in [3.63, 3.8) is 0 Å². The highest BCUT2D eigenvalue weighted by molar-refractivity contribution is 5.82. The van der Waals surface area contributed by atoms with Crippen LogP contribution in [0.15, 0.2) is 17.1 Å². The van der Waals surface area contributed by atoms with Crippen LogP contribution < -0.4 is 16.2 Å². The molecule has 0 bridgehead atoms. The number of nitrogens with one attached hydrogen (secondary N) is 3. The van der Waals surface area contributed by atoms with E-state index in [1.807, 2.05) is 20.8 Å². The van der Waals surface area contributed by atoms with E-state index in [4.69, 9.17) is 0 Å². The smallest absolute Gasteiger partial charge is 0.277 e. The van der Waals surface area contributed by atoms with Gasteiger partial charge in [0.2, 0.25) is 11.8 Å². The zero-order valence-corrected chi connectivity index (χ0v) is 18.4. The summed E-state index contributed by atoms with van der Waals surface area (Å²) in [5, 5.41) is 15.3. The molecule has 0 spiro atoms. The van der Waals surface area contributed by atoms with Crippen LogP contribution in [0.3, 0.4) is 0 Å². The zero-order valence-electron chi connectivity index (χ0n) is 18.4. The van der Waals surface area contributed by atoms with Crippen molar-refractivity contribution < 1.29 is 9.59 Å². The molecular formula is C22H30N6O3. The van der Waals surface area contributed by atoms with Gasteiger partial charge in [0.05, 0.1) is 11.6 Å². The molecule has 2 aromatic heterocycles. The number of hydrogen-bond donors (Lipinski definition) is 3. The summed E-state index contributed by atoms with van der Waals surface area (Å²) in [6.07, 6.45) is 3.80. The van der Waals surface area contributed by atoms with Crippen molar-refractivity contribution in [2.24, 2.45) is 11.8 Å². The lowest BCUT2D eigenvalue weighted by Crippen LogP contribution is -2.47. The molecule has 1 fully saturated rings. The summed E-state index contributed by atoms with van der Waals surface area (Å²) in [4.78, 5) is 45.6. The second kappa shape index (κ2) is 9.33. The molecule has 9 heteroatoms. The zero-order chi connectivity index (χ0) is 22.7. The van der Waals surface area contributed by atoms with Crippen LogP contribution in [0.1, 0.15) is 58.3 Å². The summed E-state index contributed by atoms with van der Waals surface area (Å²) < 4.78 is 1.40. The normalized spacial score (nSPS) is 20.8. The monoisotopic (exact) mass is 426 g/mol. The number of carbonyl (C=O) groups is 2. The van der Waals surface area contributed by atoms with E-state index in [1.54, 1.807) is 19.2 Å². The Morgan fingerprint density at radius 1 is 1.39 bits per heavy atom. The minimum atomic E-state index is -0.805. The minimum Gasteiger partial charge on any atom is -0.353 e. The number of H-pyrrole nitrogens is 1. The predicted octanol–water partition coefficient (Wildman–Crippen LogP) is 1.93. The molecule has 3 N–H and O–H groups in total. The molecule has 0 radical (unpaired) electrons. The highest BCUT2D eigenvalue weighted by atomic mass is 16.2. The van der Waals surface area contributed by atoms with Crippen LogP contribution >= 0.6 is 0 Å². The van der Waals surface area contributed by atoms with Crippen molar-refractivity contribution in [3.8, 4) is 6.07 Å². The number of rotatable bonds is 7. The summed E-state index contributed by atoms with van der Waals surface area (Å²) in [7, 11) is 0. The topological polar surface area (TPSA) is 133 Å². The summed E-state index contributed by atoms with van der Waals surface area (Å²) in [6, 6.07) is 2.36. The number of aryl methyl sites for hydroxylation is 1. The van der Waals surface area contributed by atoms with E-state index in [2.05, 4.69) is 26.7 Å². The van der Waals surface area contributed by atoms with Gasteiger partial charge in [-0.2, -0.15) is 5.26 Å². The number of carbonyl (C=O) groups excluding carboxylic acids is 2. The molecule has 2 amide bonds. The molecule has 0 aromatic carbocycles. The maximum Gasteiger partial charge on any atom is 0.277 e. The third kappa shape index (κ3) is 5.13. The van der Waals surface area contributed by atoms with Gasteiger partial charge in [0, 0.05) is 18.2 Å². The lowest BCUT2D eigenvalue weighted by molar-refractivity contribution is -0.129. The van der Waals surface area contributed by atoms with Gasteiger partial charge in [-0.3, -0.25) is 14.4 Å². The van der Waals surface area contributed by atoms with Crippen LogP contribution in [-0.2, 0) is 9.59 Å². The first-order chi connectivity index (χ1) is 14.7. The minimum absolute atomic E-state index is 0.0803. The standard InChI is InChI=1S/C22H30N6O3/c1-12(2)9-18(28-8-7-17-19(22(28)31)26-14(4)25-17)21(30)27-16(11-23)10-15-6-5-13(3)24-20(15)29/h7-8,12-13,15-16,18H,5-6,9-10H2,1-4H3,(H,24,29)(H,25,26)(H,27,30)/t13-,15-,16-,18-/m0/s1. The lowest BCUT2D eigenvalue weighted by Gasteiger charge is -2.29. The number of pyridine rings is 1. The lowest BCUT2D eigenvalue weighted by atomic mass is 9.89. The molecule has 1 aliphatic heterocycles. The average molecular weight is 427 g/mol. The highest BCUT2D eigenvalue weighted by Crippen LogP contribution is 2.22. The van der Waals surface area contributed by atoms with Crippen molar-refractivity contribution >= 4 is 22.8 Å². The molecule has 2 aromatic rings. The Bertz CT molecular complexity index is 1060. The van der Waals surface area contributed by atoms with Crippen molar-refractivity contribution in [1.82, 2.24) is 25.2 Å². The van der Waals surface area contributed by atoms with Gasteiger partial charge in [-0.05, 0) is 51.5 Å². The Morgan fingerprint density at radius 3 is 2.77 bits per heavy atom. The van der Waals surface area contributed by atoms with Crippen molar-refractivity contribution in [2.45, 2.75) is 71.5 Å². The molecular weight excluding hydrogens is 396 g/mol. The van der Waals surface area contributed by atoms with Gasteiger partial charge in [0.25, 0.3) is 5.56 Å². The number of nitriles is 1. The van der Waals surface area contributed by atoms with Gasteiger partial charge in [-0.25, -0.2) is 4.98 Å². The Labute approximate surface area is 181 Å². The van der Waals surface area contributed by atoms with Crippen LogP contribution in [-0.4, -0.2) is 38.4 Å². The number of hydrogen-bond acceptors (Lipinski definition) is 5. The SMILES string of the molecule is Cc1nc2ccn([C@@H](CC(C)C)C(=O)N[C@H](C#N)C[C@@H]3CC[C@H](C)NC3=O)c(=O)c2[nH]1. The fraction of sp³-hybridized carbons (Fsp3) is 0.591. The number of aromatic amines is 1. The molecule has 166 valence electrons. The fourth-order valence-corrected chi connectivity index (χ4v) is 4.12. The molecule has 31 heavy (non-hydrogen) atoms. The van der Waals surface area contributed by atoms with Crippen LogP contribution in [0.5, 0.6) is 0 Å². The largest absolute Gasteiger partial charge is 0.353 e. The molecule has 0 unspecified atom stereocenters. The predicted molar refractivity (Wildman–Crippen MR) is 116 cm³/mol. The maximum absolute atomic E-state index is 13.2. The molecule has 3 heterocycles. The van der Waals surface area contributed by atoms with Crippen molar-refractivity contribution in [3.05, 3.63) is 28.4 Å². The number of piperidine rings is 1. The first kappa shape index (κ1) is 22.5. The molecule has 0 saturated carbocycles. The molecule has 1 aliphatic rings. The van der Waals surface area contributed by atoms with Gasteiger partial charge in [0.1, 0.15) is 23.4 Å². The van der Waals surface area contributed by atoms with Crippen molar-refractivity contribution in [1.29, 1.82) is 5.26 Å². The molecule has 1 saturated heterocycles. The Balaban J connectivity index is 1.81. The quantitative estimate of drug-likeness (QED) is 0.622. The van der Waals surface area contributed by atoms with Crippen LogP contribution in [0.25, 0.3) is 11.0 Å². The van der Waals surface area contributed by atoms with E-state index in [1.165, 1.54) is 4.57 Å². The number of imidazole rings is 1. The van der Waals surface area contributed by atoms with Gasteiger partial charge in [-0.1, -0.05) is 13.8 Å². The number of amides is 2. The third-order valence-electron chi connectivity index (χ3n) is 5.72. The van der Waals surface area contributed by atoms with E-state index in [0.29, 0.717) is 29.7 Å². The van der Waals surface area contributed by atoms with Crippen LogP contribution in [0, 0.1) is 30.1 Å². The van der Waals surface area contributed by atoms with Gasteiger partial charge in [-0.15, -0.1) is 0 Å². The Kier molecular flexibility index (Phi) is 6.78. The Morgan fingerprint density at radius 2 is 2.13 bits per heavy atom. The van der Waals surface area contributed by atoms with Crippen LogP contribution in [0.4, 0.5) is 0 Å². The molecule has 0 aliphatic carbocycles. The maximum atomic E-state index is 13.2. The first-order valence-corrected chi connectivity index (χ1v) is 10.8. The van der Waals surface area contributed by atoms with E-state index in [-0.39, 0.29) is 35.8 Å². The second-order valence-corrected chi connectivity index (χ2v) is 8.87. The fourth-order valence-electron chi connectivity index (χ4n) is 4.12. The van der Waals surface area contributed by atoms with E-state index in [0.717, 1.165) is 6.42 Å². The summed E-state index contributed by atoms with van der Waals surface area (Å²) in [6.45, 7) is 7.66. The van der Waals surface area contributed by atoms with E-state index in [9.17, 15) is 19.6 Å². The molecule has 3 rings (SSSR count). The molecule has 4 atom stereocenters. The summed E-state index contributed by atoms with van der Waals surface area (Å²) >= 11 is 0. The van der Waals surface area contributed by atoms with E-state index >= 15 is 0 Å². The average Bonchev–Trinajstić information content (AvgIpc) is 3.09. The number of fused-ring (bicyclic) bond motifs is 1. The first-order valence-electron chi connectivity index (χ1n) is 10.8. The van der Waals surface area contributed by atoms with Gasteiger partial charge < -0.3 is 20.2 Å². The van der Waals surface area contributed by atoms with E-state index < -0.39 is 18.0 Å². The van der Waals surface area contributed by atoms with Crippen LogP contribution in [0.2, 0.25) is 0 Å².